The molecule has 1 atom stereocenters. The van der Waals surface area contributed by atoms with Crippen molar-refractivity contribution in [3.63, 3.8) is 0 Å². The number of aliphatic hydroxyl groups excluding tert-OH is 1. The number of methoxy groups -OCH3 is 1. The number of hydrogen-bond acceptors (Lipinski definition) is 4. The van der Waals surface area contributed by atoms with Crippen LogP contribution in [0.4, 0.5) is 0 Å². The minimum absolute atomic E-state index is 0.0675. The van der Waals surface area contributed by atoms with Crippen molar-refractivity contribution >= 4 is 6.29 Å². The van der Waals surface area contributed by atoms with E-state index in [9.17, 15) is 9.90 Å². The molecule has 4 nitrogen and oxygen atoms in total. The summed E-state index contributed by atoms with van der Waals surface area (Å²) in [5.74, 6) is 0.995. The van der Waals surface area contributed by atoms with Crippen LogP contribution in [-0.2, 0) is 0 Å². The van der Waals surface area contributed by atoms with E-state index in [0.717, 1.165) is 5.56 Å². The highest BCUT2D eigenvalue weighted by Crippen LogP contribution is 2.25. The molecule has 0 saturated carbocycles. The average Bonchev–Trinajstić information content (AvgIpc) is 2.53. The largest absolute Gasteiger partial charge is 0.497 e. The predicted octanol–water partition coefficient (Wildman–Crippen LogP) is 2.62. The molecule has 2 aromatic rings. The van der Waals surface area contributed by atoms with Gasteiger partial charge in [0, 0.05) is 6.07 Å². The van der Waals surface area contributed by atoms with Crippen LogP contribution in [0.25, 0.3) is 0 Å². The quantitative estimate of drug-likeness (QED) is 0.821. The lowest BCUT2D eigenvalue weighted by molar-refractivity contribution is 0.104. The van der Waals surface area contributed by atoms with E-state index in [1.165, 1.54) is 0 Å². The summed E-state index contributed by atoms with van der Waals surface area (Å²) >= 11 is 0. The minimum atomic E-state index is -0.748. The third kappa shape index (κ3) is 3.36. The van der Waals surface area contributed by atoms with Crippen LogP contribution in [0.1, 0.15) is 22.0 Å². The van der Waals surface area contributed by atoms with Gasteiger partial charge in [0.1, 0.15) is 24.2 Å². The SMILES string of the molecule is COc1ccc(C=O)c(OCC(O)c2ccccc2)c1. The van der Waals surface area contributed by atoms with Gasteiger partial charge in [-0.15, -0.1) is 0 Å². The van der Waals surface area contributed by atoms with Crippen LogP contribution in [0.15, 0.2) is 48.5 Å². The first-order chi connectivity index (χ1) is 9.74. The molecule has 1 N–H and O–H groups in total. The van der Waals surface area contributed by atoms with Gasteiger partial charge in [0.15, 0.2) is 6.29 Å². The fourth-order valence-corrected chi connectivity index (χ4v) is 1.80. The number of carbonyl (C=O) groups excluding carboxylic acids is 1. The Morgan fingerprint density at radius 2 is 1.95 bits per heavy atom. The lowest BCUT2D eigenvalue weighted by atomic mass is 10.1. The Morgan fingerprint density at radius 1 is 1.20 bits per heavy atom. The molecular weight excluding hydrogens is 256 g/mol. The Morgan fingerprint density at radius 3 is 2.60 bits per heavy atom. The number of aliphatic hydroxyl groups is 1. The molecule has 0 heterocycles. The van der Waals surface area contributed by atoms with Crippen molar-refractivity contribution in [2.75, 3.05) is 13.7 Å². The highest BCUT2D eigenvalue weighted by atomic mass is 16.5. The zero-order valence-corrected chi connectivity index (χ0v) is 11.2. The van der Waals surface area contributed by atoms with E-state index < -0.39 is 6.10 Å². The highest BCUT2D eigenvalue weighted by Gasteiger charge is 2.10. The first-order valence-electron chi connectivity index (χ1n) is 6.23. The van der Waals surface area contributed by atoms with E-state index >= 15 is 0 Å². The van der Waals surface area contributed by atoms with Crippen LogP contribution < -0.4 is 9.47 Å². The monoisotopic (exact) mass is 272 g/mol. The van der Waals surface area contributed by atoms with Crippen molar-refractivity contribution in [2.24, 2.45) is 0 Å². The van der Waals surface area contributed by atoms with Crippen LogP contribution >= 0.6 is 0 Å². The van der Waals surface area contributed by atoms with Crippen molar-refractivity contribution in [1.82, 2.24) is 0 Å². The van der Waals surface area contributed by atoms with E-state index in [4.69, 9.17) is 9.47 Å². The maximum absolute atomic E-state index is 11.0. The molecule has 2 rings (SSSR count). The molecule has 0 spiro atoms. The third-order valence-electron chi connectivity index (χ3n) is 2.93. The molecule has 0 aliphatic carbocycles. The van der Waals surface area contributed by atoms with Crippen LogP contribution in [0.3, 0.4) is 0 Å². The lowest BCUT2D eigenvalue weighted by Gasteiger charge is -2.14. The van der Waals surface area contributed by atoms with Gasteiger partial charge in [0.2, 0.25) is 0 Å². The summed E-state index contributed by atoms with van der Waals surface area (Å²) in [6.07, 6.45) is -0.0363. The van der Waals surface area contributed by atoms with Gasteiger partial charge in [-0.1, -0.05) is 30.3 Å². The normalized spacial score (nSPS) is 11.7. The lowest BCUT2D eigenvalue weighted by Crippen LogP contribution is -2.10. The standard InChI is InChI=1S/C16H16O4/c1-19-14-8-7-13(10-17)16(9-14)20-11-15(18)12-5-3-2-4-6-12/h2-10,15,18H,11H2,1H3. The number of hydrogen-bond donors (Lipinski definition) is 1. The summed E-state index contributed by atoms with van der Waals surface area (Å²) in [5, 5.41) is 10.0. The number of benzene rings is 2. The average molecular weight is 272 g/mol. The van der Waals surface area contributed by atoms with Gasteiger partial charge < -0.3 is 14.6 Å². The fraction of sp³-hybridized carbons (Fsp3) is 0.188. The van der Waals surface area contributed by atoms with Crippen molar-refractivity contribution in [3.05, 3.63) is 59.7 Å². The third-order valence-corrected chi connectivity index (χ3v) is 2.93. The van der Waals surface area contributed by atoms with E-state index in [2.05, 4.69) is 0 Å². The van der Waals surface area contributed by atoms with Gasteiger partial charge >= 0.3 is 0 Å². The van der Waals surface area contributed by atoms with Crippen LogP contribution in [0, 0.1) is 0 Å². The summed E-state index contributed by atoms with van der Waals surface area (Å²) in [5.41, 5.74) is 1.19. The zero-order chi connectivity index (χ0) is 14.4. The topological polar surface area (TPSA) is 55.8 Å². The molecule has 20 heavy (non-hydrogen) atoms. The van der Waals surface area contributed by atoms with Crippen LogP contribution in [0.5, 0.6) is 11.5 Å². The first-order valence-corrected chi connectivity index (χ1v) is 6.23. The van der Waals surface area contributed by atoms with Crippen molar-refractivity contribution in [3.8, 4) is 11.5 Å². The Kier molecular flexibility index (Phi) is 4.74. The van der Waals surface area contributed by atoms with Crippen LogP contribution in [0.2, 0.25) is 0 Å². The highest BCUT2D eigenvalue weighted by molar-refractivity contribution is 5.79. The zero-order valence-electron chi connectivity index (χ0n) is 11.2. The molecule has 0 radical (unpaired) electrons. The summed E-state index contributed by atoms with van der Waals surface area (Å²) in [6, 6.07) is 14.1. The van der Waals surface area contributed by atoms with Gasteiger partial charge in [-0.2, -0.15) is 0 Å². The second kappa shape index (κ2) is 6.73. The van der Waals surface area contributed by atoms with Crippen molar-refractivity contribution in [2.45, 2.75) is 6.10 Å². The van der Waals surface area contributed by atoms with Crippen molar-refractivity contribution < 1.29 is 19.4 Å². The molecule has 0 aromatic heterocycles. The van der Waals surface area contributed by atoms with Gasteiger partial charge in [-0.3, -0.25) is 4.79 Å². The molecule has 1 unspecified atom stereocenters. The fourth-order valence-electron chi connectivity index (χ4n) is 1.80. The smallest absolute Gasteiger partial charge is 0.153 e. The molecule has 0 fully saturated rings. The summed E-state index contributed by atoms with van der Waals surface area (Å²) in [4.78, 5) is 11.0. The van der Waals surface area contributed by atoms with Crippen LogP contribution in [-0.4, -0.2) is 25.1 Å². The number of aldehydes is 1. The molecule has 0 amide bonds. The number of rotatable bonds is 6. The van der Waals surface area contributed by atoms with E-state index in [-0.39, 0.29) is 6.61 Å². The van der Waals surface area contributed by atoms with E-state index in [1.54, 1.807) is 25.3 Å². The molecule has 0 aliphatic rings. The summed E-state index contributed by atoms with van der Waals surface area (Å²) < 4.78 is 10.6. The van der Waals surface area contributed by atoms with Gasteiger partial charge in [-0.25, -0.2) is 0 Å². The molecule has 4 heteroatoms. The van der Waals surface area contributed by atoms with E-state index in [1.807, 2.05) is 30.3 Å². The number of ether oxygens (including phenoxy) is 2. The Bertz CT molecular complexity index is 566. The maximum atomic E-state index is 11.0. The van der Waals surface area contributed by atoms with Gasteiger partial charge in [-0.05, 0) is 17.7 Å². The molecule has 0 bridgehead atoms. The molecule has 0 saturated heterocycles. The summed E-state index contributed by atoms with van der Waals surface area (Å²) in [6.45, 7) is 0.0675. The predicted molar refractivity (Wildman–Crippen MR) is 75.3 cm³/mol. The Labute approximate surface area is 117 Å². The molecule has 104 valence electrons. The van der Waals surface area contributed by atoms with Crippen molar-refractivity contribution in [1.29, 1.82) is 0 Å². The Balaban J connectivity index is 2.08. The second-order valence-corrected chi connectivity index (χ2v) is 4.26. The van der Waals surface area contributed by atoms with Gasteiger partial charge in [0.25, 0.3) is 0 Å². The minimum Gasteiger partial charge on any atom is -0.497 e. The number of carbonyl (C=O) groups is 1. The van der Waals surface area contributed by atoms with E-state index in [0.29, 0.717) is 23.3 Å². The molecule has 2 aromatic carbocycles. The molecular formula is C16H16O4. The summed E-state index contributed by atoms with van der Waals surface area (Å²) in [7, 11) is 1.54. The Hall–Kier alpha value is -2.33. The first kappa shape index (κ1) is 14.1. The maximum Gasteiger partial charge on any atom is 0.153 e. The molecule has 0 aliphatic heterocycles. The second-order valence-electron chi connectivity index (χ2n) is 4.26. The van der Waals surface area contributed by atoms with Gasteiger partial charge in [0.05, 0.1) is 12.7 Å².